The van der Waals surface area contributed by atoms with Crippen LogP contribution in [0.5, 0.6) is 5.75 Å². The van der Waals surface area contributed by atoms with Gasteiger partial charge in [0.15, 0.2) is 0 Å². The maximum Gasteiger partial charge on any atom is 0.573 e. The van der Waals surface area contributed by atoms with Gasteiger partial charge in [0.2, 0.25) is 10.0 Å². The molecule has 1 aliphatic carbocycles. The number of aliphatic carboxylic acids is 1. The first-order valence-electron chi connectivity index (χ1n) is 11.8. The molecule has 1 heterocycles. The number of rotatable bonds is 7. The summed E-state index contributed by atoms with van der Waals surface area (Å²) in [5.74, 6) is -1.29. The number of ether oxygens (including phenoxy) is 1. The van der Waals surface area contributed by atoms with E-state index in [-0.39, 0.29) is 35.1 Å². The first kappa shape index (κ1) is 26.4. The van der Waals surface area contributed by atoms with Crippen LogP contribution in [0.1, 0.15) is 37.0 Å². The van der Waals surface area contributed by atoms with Crippen LogP contribution in [0.25, 0.3) is 0 Å². The molecule has 0 saturated carbocycles. The lowest BCUT2D eigenvalue weighted by atomic mass is 10.0. The Bertz CT molecular complexity index is 1210. The van der Waals surface area contributed by atoms with Gasteiger partial charge in [0.1, 0.15) is 5.75 Å². The van der Waals surface area contributed by atoms with Gasteiger partial charge in [-0.1, -0.05) is 24.3 Å². The van der Waals surface area contributed by atoms with Crippen molar-refractivity contribution in [3.8, 4) is 5.75 Å². The molecular weight excluding hydrogens is 497 g/mol. The van der Waals surface area contributed by atoms with E-state index in [9.17, 15) is 26.4 Å². The lowest BCUT2D eigenvalue weighted by Gasteiger charge is -2.43. The molecule has 1 saturated heterocycles. The Morgan fingerprint density at radius 3 is 2.28 bits per heavy atom. The molecule has 2 aromatic rings. The quantitative estimate of drug-likeness (QED) is 0.586. The van der Waals surface area contributed by atoms with Gasteiger partial charge in [-0.3, -0.25) is 9.69 Å². The fourth-order valence-corrected chi connectivity index (χ4v) is 7.61. The normalized spacial score (nSPS) is 23.4. The van der Waals surface area contributed by atoms with Crippen LogP contribution in [0.15, 0.2) is 47.4 Å². The van der Waals surface area contributed by atoms with Gasteiger partial charge in [0.05, 0.1) is 4.90 Å². The molecule has 1 N–H and O–H groups in total. The predicted molar refractivity (Wildman–Crippen MR) is 126 cm³/mol. The number of halogens is 3. The second-order valence-electron chi connectivity index (χ2n) is 9.68. The zero-order valence-corrected chi connectivity index (χ0v) is 20.8. The van der Waals surface area contributed by atoms with Crippen LogP contribution in [0.3, 0.4) is 0 Å². The number of fused-ring (bicyclic) bond motifs is 1. The van der Waals surface area contributed by atoms with Crippen LogP contribution in [0.2, 0.25) is 0 Å². The second-order valence-corrected chi connectivity index (χ2v) is 11.5. The number of alkyl halides is 3. The minimum Gasteiger partial charge on any atom is -0.481 e. The Labute approximate surface area is 208 Å². The molecule has 1 fully saturated rings. The van der Waals surface area contributed by atoms with Gasteiger partial charge in [-0.25, -0.2) is 8.42 Å². The molecule has 196 valence electrons. The average molecular weight is 527 g/mol. The Hall–Kier alpha value is -2.63. The highest BCUT2D eigenvalue weighted by Gasteiger charge is 2.40. The van der Waals surface area contributed by atoms with Gasteiger partial charge >= 0.3 is 12.3 Å². The van der Waals surface area contributed by atoms with Gasteiger partial charge in [-0.15, -0.1) is 13.2 Å². The van der Waals surface area contributed by atoms with E-state index >= 15 is 0 Å². The third kappa shape index (κ3) is 5.84. The molecule has 7 nitrogen and oxygen atoms in total. The van der Waals surface area contributed by atoms with Gasteiger partial charge in [0.25, 0.3) is 0 Å². The summed E-state index contributed by atoms with van der Waals surface area (Å²) in [5.41, 5.74) is 2.40. The zero-order valence-electron chi connectivity index (χ0n) is 20.0. The minimum absolute atomic E-state index is 0.00293. The molecule has 3 atom stereocenters. The third-order valence-electron chi connectivity index (χ3n) is 6.73. The van der Waals surface area contributed by atoms with Crippen LogP contribution in [0, 0.1) is 5.92 Å². The van der Waals surface area contributed by atoms with Crippen molar-refractivity contribution in [2.24, 2.45) is 5.92 Å². The van der Waals surface area contributed by atoms with Crippen molar-refractivity contribution in [1.29, 1.82) is 0 Å². The molecule has 2 aliphatic rings. The molecular formula is C25H29F3N2O5S. The summed E-state index contributed by atoms with van der Waals surface area (Å²) in [7, 11) is -3.82. The Morgan fingerprint density at radius 1 is 1.06 bits per heavy atom. The molecule has 1 aliphatic heterocycles. The van der Waals surface area contributed by atoms with E-state index in [1.54, 1.807) is 24.3 Å². The molecule has 2 aromatic carbocycles. The molecule has 0 aromatic heterocycles. The summed E-state index contributed by atoms with van der Waals surface area (Å²) in [6.45, 7) is 5.07. The molecule has 11 heteroatoms. The van der Waals surface area contributed by atoms with Crippen molar-refractivity contribution in [1.82, 2.24) is 9.21 Å². The van der Waals surface area contributed by atoms with Crippen molar-refractivity contribution in [3.05, 3.63) is 59.2 Å². The SMILES string of the molecule is C[C@@H]1CN(Cc2ccc(OC(F)(F)F)cc2)C[C@H](C)N1S(=O)(=O)c1cccc2c1C[C@@H](CC(=O)O)C2. The van der Waals surface area contributed by atoms with E-state index < -0.39 is 22.4 Å². The lowest BCUT2D eigenvalue weighted by molar-refractivity contribution is -0.274. The van der Waals surface area contributed by atoms with E-state index in [0.717, 1.165) is 11.1 Å². The summed E-state index contributed by atoms with van der Waals surface area (Å²) in [6.07, 6.45) is -3.77. The topological polar surface area (TPSA) is 87.2 Å². The highest BCUT2D eigenvalue weighted by molar-refractivity contribution is 7.89. The van der Waals surface area contributed by atoms with E-state index in [1.807, 2.05) is 19.9 Å². The monoisotopic (exact) mass is 526 g/mol. The number of sulfonamides is 1. The van der Waals surface area contributed by atoms with Gasteiger partial charge in [-0.2, -0.15) is 4.31 Å². The van der Waals surface area contributed by atoms with Gasteiger partial charge in [-0.05, 0) is 67.5 Å². The summed E-state index contributed by atoms with van der Waals surface area (Å²) in [4.78, 5) is 13.5. The molecule has 0 radical (unpaired) electrons. The number of piperazine rings is 1. The standard InChI is InChI=1S/C25H29F3N2O5S/c1-16-13-29(15-18-6-8-21(9-7-18)35-25(26,27)28)14-17(2)30(16)36(33,34)23-5-3-4-20-10-19(11-22(20)23)12-24(31)32/h3-9,16-17,19H,10-15H2,1-2H3,(H,31,32)/t16-,17+,19-/m0/s1. The van der Waals surface area contributed by atoms with Crippen molar-refractivity contribution >= 4 is 16.0 Å². The molecule has 0 spiro atoms. The number of carboxylic acids is 1. The maximum atomic E-state index is 13.8. The molecule has 0 bridgehead atoms. The lowest BCUT2D eigenvalue weighted by Crippen LogP contribution is -2.58. The summed E-state index contributed by atoms with van der Waals surface area (Å²) in [6, 6.07) is 10.2. The summed E-state index contributed by atoms with van der Waals surface area (Å²) in [5, 5.41) is 9.16. The van der Waals surface area contributed by atoms with Crippen molar-refractivity contribution in [2.45, 2.75) is 63.0 Å². The Balaban J connectivity index is 1.47. The number of carboxylic acid groups (broad SMARTS) is 1. The van der Waals surface area contributed by atoms with E-state index in [1.165, 1.54) is 16.4 Å². The number of hydrogen-bond acceptors (Lipinski definition) is 5. The third-order valence-corrected chi connectivity index (χ3v) is 8.94. The van der Waals surface area contributed by atoms with Crippen molar-refractivity contribution in [2.75, 3.05) is 13.1 Å². The number of hydrogen-bond donors (Lipinski definition) is 1. The molecule has 0 unspecified atom stereocenters. The highest BCUT2D eigenvalue weighted by atomic mass is 32.2. The van der Waals surface area contributed by atoms with E-state index in [0.29, 0.717) is 38.0 Å². The minimum atomic E-state index is -4.75. The van der Waals surface area contributed by atoms with Crippen molar-refractivity contribution < 1.29 is 36.2 Å². The molecule has 36 heavy (non-hydrogen) atoms. The average Bonchev–Trinajstić information content (AvgIpc) is 3.15. The van der Waals surface area contributed by atoms with Crippen LogP contribution in [-0.2, 0) is 34.2 Å². The van der Waals surface area contributed by atoms with E-state index in [2.05, 4.69) is 9.64 Å². The first-order valence-corrected chi connectivity index (χ1v) is 13.2. The largest absolute Gasteiger partial charge is 0.573 e. The van der Waals surface area contributed by atoms with Crippen LogP contribution < -0.4 is 4.74 Å². The first-order chi connectivity index (χ1) is 16.8. The predicted octanol–water partition coefficient (Wildman–Crippen LogP) is 4.06. The maximum absolute atomic E-state index is 13.8. The summed E-state index contributed by atoms with van der Waals surface area (Å²) >= 11 is 0. The number of carbonyl (C=O) groups is 1. The molecule has 4 rings (SSSR count). The number of benzene rings is 2. The van der Waals surface area contributed by atoms with Crippen LogP contribution in [-0.4, -0.2) is 60.2 Å². The van der Waals surface area contributed by atoms with Gasteiger partial charge < -0.3 is 9.84 Å². The fraction of sp³-hybridized carbons (Fsp3) is 0.480. The zero-order chi connectivity index (χ0) is 26.3. The van der Waals surface area contributed by atoms with Gasteiger partial charge in [0, 0.05) is 38.1 Å². The van der Waals surface area contributed by atoms with Crippen molar-refractivity contribution in [3.63, 3.8) is 0 Å². The van der Waals surface area contributed by atoms with E-state index in [4.69, 9.17) is 5.11 Å². The second kappa shape index (κ2) is 10.0. The fourth-order valence-electron chi connectivity index (χ4n) is 5.53. The van der Waals surface area contributed by atoms with Crippen LogP contribution >= 0.6 is 0 Å². The Morgan fingerprint density at radius 2 is 1.69 bits per heavy atom. The smallest absolute Gasteiger partial charge is 0.481 e. The summed E-state index contributed by atoms with van der Waals surface area (Å²) < 4.78 is 70.2. The highest BCUT2D eigenvalue weighted by Crippen LogP contribution is 2.36. The van der Waals surface area contributed by atoms with Crippen LogP contribution in [0.4, 0.5) is 13.2 Å². The molecule has 0 amide bonds. The Kier molecular flexibility index (Phi) is 7.36. The number of nitrogens with zero attached hydrogens (tertiary/aromatic N) is 2.